The van der Waals surface area contributed by atoms with Gasteiger partial charge < -0.3 is 4.74 Å². The molecule has 0 unspecified atom stereocenters. The van der Waals surface area contributed by atoms with E-state index >= 15 is 0 Å². The summed E-state index contributed by atoms with van der Waals surface area (Å²) in [6, 6.07) is 7.24. The van der Waals surface area contributed by atoms with Gasteiger partial charge in [-0.15, -0.1) is 0 Å². The molecule has 0 spiro atoms. The van der Waals surface area contributed by atoms with Crippen molar-refractivity contribution in [2.45, 2.75) is 0 Å². The minimum Gasteiger partial charge on any atom is -0.379 e. The Kier molecular flexibility index (Phi) is 4.83. The molecule has 0 aliphatic carbocycles. The van der Waals surface area contributed by atoms with E-state index in [-0.39, 0.29) is 11.1 Å². The number of morpholine rings is 1. The van der Waals surface area contributed by atoms with E-state index in [0.717, 1.165) is 30.4 Å². The van der Waals surface area contributed by atoms with Crippen molar-refractivity contribution in [2.75, 3.05) is 33.0 Å². The highest BCUT2D eigenvalue weighted by Crippen LogP contribution is 2.33. The Hall–Kier alpha value is -1.34. The fourth-order valence-electron chi connectivity index (χ4n) is 2.30. The van der Waals surface area contributed by atoms with Crippen LogP contribution < -0.4 is 0 Å². The van der Waals surface area contributed by atoms with Crippen molar-refractivity contribution in [1.29, 1.82) is 0 Å². The largest absolute Gasteiger partial charge is 0.379 e. The molecule has 2 heterocycles. The van der Waals surface area contributed by atoms with Gasteiger partial charge in [0.15, 0.2) is 0 Å². The van der Waals surface area contributed by atoms with Crippen molar-refractivity contribution in [3.05, 3.63) is 39.8 Å². The van der Waals surface area contributed by atoms with E-state index in [9.17, 15) is 9.59 Å². The summed E-state index contributed by atoms with van der Waals surface area (Å²) in [6.07, 6.45) is 1.67. The van der Waals surface area contributed by atoms with E-state index in [1.807, 2.05) is 23.1 Å². The Bertz CT molecular complexity index is 629. The van der Waals surface area contributed by atoms with Crippen LogP contribution in [0, 0.1) is 0 Å². The molecule has 2 aliphatic heterocycles. The molecule has 5 nitrogen and oxygen atoms in total. The number of carbonyl (C=O) groups excluding carboxylic acids is 2. The van der Waals surface area contributed by atoms with Crippen molar-refractivity contribution >= 4 is 40.6 Å². The van der Waals surface area contributed by atoms with Gasteiger partial charge in [-0.05, 0) is 29.5 Å². The maximum absolute atomic E-state index is 12.4. The maximum Gasteiger partial charge on any atom is 0.294 e. The lowest BCUT2D eigenvalue weighted by atomic mass is 10.2. The topological polar surface area (TPSA) is 49.9 Å². The van der Waals surface area contributed by atoms with Gasteiger partial charge in [0.2, 0.25) is 0 Å². The second-order valence-corrected chi connectivity index (χ2v) is 6.40. The van der Waals surface area contributed by atoms with Gasteiger partial charge in [-0.3, -0.25) is 19.4 Å². The molecule has 2 amide bonds. The summed E-state index contributed by atoms with van der Waals surface area (Å²) in [4.78, 5) is 28.2. The van der Waals surface area contributed by atoms with Crippen LogP contribution in [0.1, 0.15) is 5.56 Å². The van der Waals surface area contributed by atoms with Crippen LogP contribution in [0.5, 0.6) is 0 Å². The second kappa shape index (κ2) is 6.83. The van der Waals surface area contributed by atoms with E-state index in [1.54, 1.807) is 12.1 Å². The van der Waals surface area contributed by atoms with Crippen LogP contribution in [-0.4, -0.2) is 53.9 Å². The average Bonchev–Trinajstić information content (AvgIpc) is 2.78. The maximum atomic E-state index is 12.4. The molecule has 1 aromatic carbocycles. The van der Waals surface area contributed by atoms with E-state index in [2.05, 4.69) is 0 Å². The number of hydrogen-bond acceptors (Lipinski definition) is 5. The van der Waals surface area contributed by atoms with E-state index in [0.29, 0.717) is 29.8 Å². The first-order chi connectivity index (χ1) is 10.6. The summed E-state index contributed by atoms with van der Waals surface area (Å²) in [6.45, 7) is 3.03. The van der Waals surface area contributed by atoms with Crippen LogP contribution in [0.4, 0.5) is 4.79 Å². The average molecular weight is 339 g/mol. The zero-order valence-electron chi connectivity index (χ0n) is 11.8. The number of carbonyl (C=O) groups is 2. The molecule has 2 saturated heterocycles. The van der Waals surface area contributed by atoms with Crippen LogP contribution in [0.3, 0.4) is 0 Å². The summed E-state index contributed by atoms with van der Waals surface area (Å²) in [5.74, 6) is -0.263. The molecule has 0 saturated carbocycles. The number of rotatable bonds is 3. The van der Waals surface area contributed by atoms with Gasteiger partial charge >= 0.3 is 0 Å². The molecule has 116 valence electrons. The van der Waals surface area contributed by atoms with Gasteiger partial charge in [-0.2, -0.15) is 0 Å². The highest BCUT2D eigenvalue weighted by Gasteiger charge is 2.36. The summed E-state index contributed by atoms with van der Waals surface area (Å²) in [5, 5.41) is 0.317. The number of halogens is 1. The number of imide groups is 1. The lowest BCUT2D eigenvalue weighted by molar-refractivity contribution is -0.125. The van der Waals surface area contributed by atoms with Crippen molar-refractivity contribution in [2.24, 2.45) is 0 Å². The molecule has 3 rings (SSSR count). The third kappa shape index (κ3) is 3.35. The molecule has 0 N–H and O–H groups in total. The minimum absolute atomic E-state index is 0.241. The third-order valence-corrected chi connectivity index (χ3v) is 4.76. The molecule has 1 aromatic rings. The molecular formula is C15H15ClN2O3S. The summed E-state index contributed by atoms with van der Waals surface area (Å²) in [5.41, 5.74) is 0.737. The Balaban J connectivity index is 1.75. The molecule has 0 radical (unpaired) electrons. The van der Waals surface area contributed by atoms with Crippen molar-refractivity contribution in [1.82, 2.24) is 9.80 Å². The Morgan fingerprint density at radius 1 is 1.23 bits per heavy atom. The zero-order valence-corrected chi connectivity index (χ0v) is 13.4. The predicted octanol–water partition coefficient (Wildman–Crippen LogP) is 2.67. The first kappa shape index (κ1) is 15.6. The van der Waals surface area contributed by atoms with Crippen LogP contribution >= 0.6 is 23.4 Å². The monoisotopic (exact) mass is 338 g/mol. The van der Waals surface area contributed by atoms with Gasteiger partial charge in [0.05, 0.1) is 24.8 Å². The number of nitrogens with zero attached hydrogens (tertiary/aromatic N) is 2. The quantitative estimate of drug-likeness (QED) is 0.793. The fourth-order valence-corrected chi connectivity index (χ4v) is 3.31. The van der Waals surface area contributed by atoms with Crippen molar-refractivity contribution in [3.8, 4) is 0 Å². The minimum atomic E-state index is -0.263. The Morgan fingerprint density at radius 2 is 1.95 bits per heavy atom. The van der Waals surface area contributed by atoms with Gasteiger partial charge in [-0.1, -0.05) is 29.8 Å². The third-order valence-electron chi connectivity index (χ3n) is 3.51. The van der Waals surface area contributed by atoms with E-state index in [1.165, 1.54) is 4.90 Å². The molecule has 0 aromatic heterocycles. The summed E-state index contributed by atoms with van der Waals surface area (Å²) >= 11 is 7.05. The standard InChI is InChI=1S/C15H15ClN2O3S/c16-12-4-2-1-3-11(12)9-13-14(19)18(15(20)22-13)10-17-5-7-21-8-6-17/h1-4,9H,5-8,10H2. The number of ether oxygens (including phenoxy) is 1. The number of hydrogen-bond donors (Lipinski definition) is 0. The second-order valence-electron chi connectivity index (χ2n) is 5.00. The number of thioether (sulfide) groups is 1. The summed E-state index contributed by atoms with van der Waals surface area (Å²) < 4.78 is 5.27. The lowest BCUT2D eigenvalue weighted by Crippen LogP contribution is -2.45. The fraction of sp³-hybridized carbons (Fsp3) is 0.333. The molecule has 7 heteroatoms. The van der Waals surface area contributed by atoms with Gasteiger partial charge in [-0.25, -0.2) is 0 Å². The van der Waals surface area contributed by atoms with E-state index in [4.69, 9.17) is 16.3 Å². The highest BCUT2D eigenvalue weighted by molar-refractivity contribution is 8.18. The van der Waals surface area contributed by atoms with Crippen LogP contribution in [0.2, 0.25) is 5.02 Å². The molecular weight excluding hydrogens is 324 g/mol. The van der Waals surface area contributed by atoms with Crippen LogP contribution in [-0.2, 0) is 9.53 Å². The lowest BCUT2D eigenvalue weighted by Gasteiger charge is -2.29. The molecule has 2 fully saturated rings. The number of amides is 2. The Morgan fingerprint density at radius 3 is 2.68 bits per heavy atom. The SMILES string of the molecule is O=C1SC(=Cc2ccccc2Cl)C(=O)N1CN1CCOCC1. The van der Waals surface area contributed by atoms with Gasteiger partial charge in [0.1, 0.15) is 0 Å². The Labute approximate surface area is 137 Å². The smallest absolute Gasteiger partial charge is 0.294 e. The van der Waals surface area contributed by atoms with Crippen molar-refractivity contribution in [3.63, 3.8) is 0 Å². The van der Waals surface area contributed by atoms with Gasteiger partial charge in [0.25, 0.3) is 11.1 Å². The molecule has 0 atom stereocenters. The zero-order chi connectivity index (χ0) is 15.5. The van der Waals surface area contributed by atoms with Crippen LogP contribution in [0.25, 0.3) is 6.08 Å². The first-order valence-corrected chi connectivity index (χ1v) is 8.14. The van der Waals surface area contributed by atoms with Gasteiger partial charge in [0, 0.05) is 18.1 Å². The highest BCUT2D eigenvalue weighted by atomic mass is 35.5. The molecule has 22 heavy (non-hydrogen) atoms. The van der Waals surface area contributed by atoms with E-state index < -0.39 is 0 Å². The predicted molar refractivity (Wildman–Crippen MR) is 86.5 cm³/mol. The molecule has 2 aliphatic rings. The van der Waals surface area contributed by atoms with Crippen molar-refractivity contribution < 1.29 is 14.3 Å². The first-order valence-electron chi connectivity index (χ1n) is 6.95. The number of benzene rings is 1. The normalized spacial score (nSPS) is 21.9. The summed E-state index contributed by atoms with van der Waals surface area (Å²) in [7, 11) is 0. The molecule has 0 bridgehead atoms. The van der Waals surface area contributed by atoms with Crippen LogP contribution in [0.15, 0.2) is 29.2 Å².